The predicted molar refractivity (Wildman–Crippen MR) is 111 cm³/mol. The van der Waals surface area contributed by atoms with Gasteiger partial charge in [-0.1, -0.05) is 25.1 Å². The summed E-state index contributed by atoms with van der Waals surface area (Å²) in [6.45, 7) is 8.34. The Bertz CT molecular complexity index is 751. The van der Waals surface area contributed by atoms with Crippen molar-refractivity contribution in [3.05, 3.63) is 36.0 Å². The Labute approximate surface area is 160 Å². The second-order valence-corrected chi connectivity index (χ2v) is 8.10. The maximum absolute atomic E-state index is 4.91. The van der Waals surface area contributed by atoms with Gasteiger partial charge in [0.05, 0.1) is 10.6 Å². The van der Waals surface area contributed by atoms with E-state index >= 15 is 0 Å². The van der Waals surface area contributed by atoms with E-state index in [2.05, 4.69) is 59.3 Å². The maximum atomic E-state index is 4.91. The van der Waals surface area contributed by atoms with E-state index in [4.69, 9.17) is 9.97 Å². The van der Waals surface area contributed by atoms with Crippen LogP contribution in [-0.4, -0.2) is 47.9 Å². The van der Waals surface area contributed by atoms with Crippen molar-refractivity contribution in [2.75, 3.05) is 47.0 Å². The summed E-state index contributed by atoms with van der Waals surface area (Å²) < 4.78 is 0. The van der Waals surface area contributed by atoms with E-state index in [9.17, 15) is 0 Å². The van der Waals surface area contributed by atoms with Crippen LogP contribution in [0.1, 0.15) is 26.0 Å². The van der Waals surface area contributed by atoms with Gasteiger partial charge in [-0.2, -0.15) is 4.98 Å². The van der Waals surface area contributed by atoms with Gasteiger partial charge in [-0.3, -0.25) is 0 Å². The number of rotatable bonds is 5. The minimum absolute atomic E-state index is 0.435. The van der Waals surface area contributed by atoms with Crippen molar-refractivity contribution in [2.24, 2.45) is 0 Å². The van der Waals surface area contributed by atoms with Crippen LogP contribution in [0, 0.1) is 0 Å². The van der Waals surface area contributed by atoms with Gasteiger partial charge in [-0.25, -0.2) is 4.98 Å². The molecule has 0 spiro atoms. The number of nitrogens with zero attached hydrogens (tertiary/aromatic N) is 4. The van der Waals surface area contributed by atoms with Crippen LogP contribution in [0.25, 0.3) is 0 Å². The van der Waals surface area contributed by atoms with Gasteiger partial charge in [0.1, 0.15) is 5.82 Å². The Morgan fingerprint density at radius 2 is 2.04 bits per heavy atom. The number of piperazine rings is 1. The monoisotopic (exact) mass is 369 g/mol. The fourth-order valence-corrected chi connectivity index (χ4v) is 4.77. The number of para-hydroxylation sites is 1. The number of aryl methyl sites for hydroxylation is 1. The van der Waals surface area contributed by atoms with Gasteiger partial charge in [0.2, 0.25) is 5.95 Å². The van der Waals surface area contributed by atoms with E-state index in [1.165, 1.54) is 16.3 Å². The average Bonchev–Trinajstić information content (AvgIpc) is 3.15. The highest BCUT2D eigenvalue weighted by molar-refractivity contribution is 7.99. The van der Waals surface area contributed by atoms with Crippen LogP contribution < -0.4 is 15.1 Å². The van der Waals surface area contributed by atoms with E-state index in [0.717, 1.165) is 56.5 Å². The highest BCUT2D eigenvalue weighted by Crippen LogP contribution is 2.37. The zero-order valence-corrected chi connectivity index (χ0v) is 16.4. The zero-order chi connectivity index (χ0) is 17.9. The molecule has 1 saturated heterocycles. The highest BCUT2D eigenvalue weighted by Gasteiger charge is 2.28. The van der Waals surface area contributed by atoms with Crippen LogP contribution in [0.3, 0.4) is 0 Å². The molecule has 0 aliphatic carbocycles. The molecule has 2 aromatic rings. The Morgan fingerprint density at radius 1 is 1.19 bits per heavy atom. The third-order valence-electron chi connectivity index (χ3n) is 5.05. The van der Waals surface area contributed by atoms with Crippen molar-refractivity contribution in [3.8, 4) is 0 Å². The first-order valence-corrected chi connectivity index (χ1v) is 10.6. The van der Waals surface area contributed by atoms with Gasteiger partial charge < -0.3 is 15.1 Å². The lowest BCUT2D eigenvalue weighted by atomic mass is 10.1. The molecule has 0 saturated carbocycles. The average molecular weight is 370 g/mol. The molecule has 2 aliphatic rings. The van der Waals surface area contributed by atoms with Gasteiger partial charge in [-0.15, -0.1) is 11.8 Å². The van der Waals surface area contributed by atoms with Crippen molar-refractivity contribution in [3.63, 3.8) is 0 Å². The first-order valence-electron chi connectivity index (χ1n) is 9.60. The smallest absolute Gasteiger partial charge is 0.227 e. The molecule has 1 aromatic carbocycles. The predicted octanol–water partition coefficient (Wildman–Crippen LogP) is 3.66. The third-order valence-corrected chi connectivity index (χ3v) is 6.18. The molecule has 1 aromatic heterocycles. The number of hydrogen-bond acceptors (Lipinski definition) is 6. The Morgan fingerprint density at radius 3 is 2.81 bits per heavy atom. The van der Waals surface area contributed by atoms with E-state index in [-0.39, 0.29) is 0 Å². The van der Waals surface area contributed by atoms with Gasteiger partial charge in [0, 0.05) is 50.1 Å². The van der Waals surface area contributed by atoms with Crippen molar-refractivity contribution >= 4 is 29.2 Å². The molecular weight excluding hydrogens is 342 g/mol. The molecule has 6 heteroatoms. The van der Waals surface area contributed by atoms with Crippen LogP contribution in [-0.2, 0) is 6.42 Å². The molecular formula is C20H27N5S. The lowest BCUT2D eigenvalue weighted by Crippen LogP contribution is -2.52. The maximum Gasteiger partial charge on any atom is 0.227 e. The summed E-state index contributed by atoms with van der Waals surface area (Å²) in [5.41, 5.74) is 2.52. The molecule has 0 radical (unpaired) electrons. The summed E-state index contributed by atoms with van der Waals surface area (Å²) in [6.07, 6.45) is 2.15. The number of anilines is 3. The molecule has 2 aliphatic heterocycles. The molecule has 0 amide bonds. The first kappa shape index (κ1) is 17.5. The third kappa shape index (κ3) is 3.47. The fourth-order valence-electron chi connectivity index (χ4n) is 3.70. The van der Waals surface area contributed by atoms with Crippen molar-refractivity contribution < 1.29 is 0 Å². The zero-order valence-electron chi connectivity index (χ0n) is 15.6. The van der Waals surface area contributed by atoms with Crippen LogP contribution in [0.4, 0.5) is 17.5 Å². The molecule has 0 bridgehead atoms. The summed E-state index contributed by atoms with van der Waals surface area (Å²) >= 11 is 1.88. The second-order valence-electron chi connectivity index (χ2n) is 7.00. The molecule has 4 rings (SSSR count). The summed E-state index contributed by atoms with van der Waals surface area (Å²) in [5.74, 6) is 3.05. The molecule has 3 heterocycles. The number of benzene rings is 1. The molecule has 5 nitrogen and oxygen atoms in total. The summed E-state index contributed by atoms with van der Waals surface area (Å²) in [5, 5.41) is 3.51. The Hall–Kier alpha value is -1.95. The number of hydrogen-bond donors (Lipinski definition) is 1. The SMILES string of the molecule is CCCNc1nc(N2CCN(c3ccccc3)C(C)C2)nc2c1SCC2. The van der Waals surface area contributed by atoms with Gasteiger partial charge in [0.15, 0.2) is 0 Å². The topological polar surface area (TPSA) is 44.3 Å². The van der Waals surface area contributed by atoms with E-state index in [1.807, 2.05) is 11.8 Å². The van der Waals surface area contributed by atoms with Gasteiger partial charge in [-0.05, 0) is 25.5 Å². The Balaban J connectivity index is 1.53. The van der Waals surface area contributed by atoms with E-state index in [0.29, 0.717) is 6.04 Å². The molecule has 1 fully saturated rings. The van der Waals surface area contributed by atoms with Gasteiger partial charge in [0.25, 0.3) is 0 Å². The van der Waals surface area contributed by atoms with Crippen molar-refractivity contribution in [2.45, 2.75) is 37.6 Å². The second kappa shape index (κ2) is 7.74. The fraction of sp³-hybridized carbons (Fsp3) is 0.500. The molecule has 1 N–H and O–H groups in total. The highest BCUT2D eigenvalue weighted by atomic mass is 32.2. The standard InChI is InChI=1S/C20H27N5S/c1-3-10-21-19-18-17(9-13-26-18)22-20(23-19)24-11-12-25(15(2)14-24)16-7-5-4-6-8-16/h4-8,15H,3,9-14H2,1-2H3,(H,21,22,23). The van der Waals surface area contributed by atoms with Crippen LogP contribution in [0.5, 0.6) is 0 Å². The van der Waals surface area contributed by atoms with Crippen LogP contribution in [0.15, 0.2) is 35.2 Å². The van der Waals surface area contributed by atoms with Gasteiger partial charge >= 0.3 is 0 Å². The molecule has 1 unspecified atom stereocenters. The summed E-state index contributed by atoms with van der Waals surface area (Å²) in [7, 11) is 0. The van der Waals surface area contributed by atoms with Crippen molar-refractivity contribution in [1.29, 1.82) is 0 Å². The molecule has 138 valence electrons. The first-order chi connectivity index (χ1) is 12.8. The van der Waals surface area contributed by atoms with Crippen LogP contribution >= 0.6 is 11.8 Å². The normalized spacial score (nSPS) is 19.5. The van der Waals surface area contributed by atoms with E-state index in [1.54, 1.807) is 0 Å². The largest absolute Gasteiger partial charge is 0.369 e. The van der Waals surface area contributed by atoms with Crippen molar-refractivity contribution in [1.82, 2.24) is 9.97 Å². The minimum atomic E-state index is 0.435. The number of thioether (sulfide) groups is 1. The van der Waals surface area contributed by atoms with Crippen LogP contribution in [0.2, 0.25) is 0 Å². The number of fused-ring (bicyclic) bond motifs is 1. The van der Waals surface area contributed by atoms with E-state index < -0.39 is 0 Å². The lowest BCUT2D eigenvalue weighted by molar-refractivity contribution is 0.542. The number of aromatic nitrogens is 2. The molecule has 1 atom stereocenters. The Kier molecular flexibility index (Phi) is 5.20. The lowest BCUT2D eigenvalue weighted by Gasteiger charge is -2.41. The molecule has 26 heavy (non-hydrogen) atoms. The summed E-state index contributed by atoms with van der Waals surface area (Å²) in [6, 6.07) is 11.1. The quantitative estimate of drug-likeness (QED) is 0.868. The summed E-state index contributed by atoms with van der Waals surface area (Å²) in [4.78, 5) is 15.9. The minimum Gasteiger partial charge on any atom is -0.369 e. The number of nitrogens with one attached hydrogen (secondary N) is 1.